The van der Waals surface area contributed by atoms with Crippen molar-refractivity contribution in [2.24, 2.45) is 5.92 Å². The highest BCUT2D eigenvalue weighted by atomic mass is 16.3. The van der Waals surface area contributed by atoms with Crippen LogP contribution in [-0.4, -0.2) is 57.7 Å². The molecule has 3 N–H and O–H groups in total. The number of aliphatic hydroxyl groups excluding tert-OH is 1. The van der Waals surface area contributed by atoms with E-state index in [9.17, 15) is 9.59 Å². The van der Waals surface area contributed by atoms with Gasteiger partial charge in [-0.25, -0.2) is 14.8 Å². The molecule has 2 heterocycles. The van der Waals surface area contributed by atoms with Gasteiger partial charge in [0.05, 0.1) is 0 Å². The van der Waals surface area contributed by atoms with Crippen LogP contribution in [-0.2, 0) is 12.8 Å². The maximum Gasteiger partial charge on any atom is 0.323 e. The van der Waals surface area contributed by atoms with Gasteiger partial charge in [0.1, 0.15) is 0 Å². The number of piperidine rings is 1. The molecule has 0 bridgehead atoms. The topological polar surface area (TPSA) is 107 Å². The highest BCUT2D eigenvalue weighted by Gasteiger charge is 2.27. The van der Waals surface area contributed by atoms with Crippen molar-refractivity contribution in [2.45, 2.75) is 38.1 Å². The summed E-state index contributed by atoms with van der Waals surface area (Å²) >= 11 is 0. The minimum Gasteiger partial charge on any atom is -0.396 e. The maximum absolute atomic E-state index is 12.8. The molecule has 3 amide bonds. The average Bonchev–Trinajstić information content (AvgIpc) is 3.17. The maximum atomic E-state index is 12.8. The fourth-order valence-electron chi connectivity index (χ4n) is 4.30. The smallest absolute Gasteiger partial charge is 0.323 e. The van der Waals surface area contributed by atoms with Crippen LogP contribution in [0.25, 0.3) is 0 Å². The number of nitrogens with one attached hydrogen (secondary N) is 2. The summed E-state index contributed by atoms with van der Waals surface area (Å²) in [6, 6.07) is 7.90. The molecule has 0 spiro atoms. The SMILES string of the molecule is O=C(NC1Cc2ccccc2C1)c1nccnc1NC(=O)N1CCC(CCO)CC1. The zero-order valence-electron chi connectivity index (χ0n) is 16.9. The van der Waals surface area contributed by atoms with Crippen molar-refractivity contribution in [2.75, 3.05) is 25.0 Å². The molecule has 2 aromatic rings. The number of anilines is 1. The van der Waals surface area contributed by atoms with E-state index in [0.29, 0.717) is 19.0 Å². The van der Waals surface area contributed by atoms with Gasteiger partial charge in [-0.15, -0.1) is 0 Å². The predicted octanol–water partition coefficient (Wildman–Crippen LogP) is 2.00. The number of hydrogen-bond donors (Lipinski definition) is 3. The monoisotopic (exact) mass is 409 g/mol. The number of aromatic nitrogens is 2. The summed E-state index contributed by atoms with van der Waals surface area (Å²) in [6.07, 6.45) is 6.99. The number of carbonyl (C=O) groups excluding carboxylic acids is 2. The fourth-order valence-corrected chi connectivity index (χ4v) is 4.30. The lowest BCUT2D eigenvalue weighted by molar-refractivity contribution is 0.0934. The fraction of sp³-hybridized carbons (Fsp3) is 0.455. The Morgan fingerprint density at radius 1 is 1.07 bits per heavy atom. The third-order valence-corrected chi connectivity index (χ3v) is 5.96. The minimum atomic E-state index is -0.335. The van der Waals surface area contributed by atoms with Gasteiger partial charge in [-0.1, -0.05) is 24.3 Å². The average molecular weight is 409 g/mol. The quantitative estimate of drug-likeness (QED) is 0.700. The third-order valence-electron chi connectivity index (χ3n) is 5.96. The first kappa shape index (κ1) is 20.3. The summed E-state index contributed by atoms with van der Waals surface area (Å²) < 4.78 is 0. The number of rotatable bonds is 5. The van der Waals surface area contributed by atoms with Crippen molar-refractivity contribution in [3.05, 3.63) is 53.5 Å². The molecule has 0 radical (unpaired) electrons. The minimum absolute atomic E-state index is 0.00557. The second-order valence-electron chi connectivity index (χ2n) is 7.97. The Morgan fingerprint density at radius 3 is 2.40 bits per heavy atom. The first-order valence-corrected chi connectivity index (χ1v) is 10.5. The van der Waals surface area contributed by atoms with Gasteiger partial charge < -0.3 is 15.3 Å². The Bertz CT molecular complexity index is 886. The normalized spacial score (nSPS) is 16.9. The molecule has 2 aliphatic rings. The van der Waals surface area contributed by atoms with Crippen molar-refractivity contribution < 1.29 is 14.7 Å². The molecule has 1 aliphatic carbocycles. The van der Waals surface area contributed by atoms with E-state index in [0.717, 1.165) is 32.1 Å². The number of nitrogens with zero attached hydrogens (tertiary/aromatic N) is 3. The Morgan fingerprint density at radius 2 is 1.73 bits per heavy atom. The van der Waals surface area contributed by atoms with Crippen LogP contribution >= 0.6 is 0 Å². The van der Waals surface area contributed by atoms with Gasteiger partial charge in [0, 0.05) is 38.1 Å². The second kappa shape index (κ2) is 9.21. The van der Waals surface area contributed by atoms with Crippen LogP contribution in [0.5, 0.6) is 0 Å². The van der Waals surface area contributed by atoms with E-state index >= 15 is 0 Å². The molecule has 1 aliphatic heterocycles. The molecule has 0 saturated carbocycles. The van der Waals surface area contributed by atoms with E-state index in [1.165, 1.54) is 23.5 Å². The second-order valence-corrected chi connectivity index (χ2v) is 7.97. The van der Waals surface area contributed by atoms with E-state index in [1.54, 1.807) is 4.90 Å². The molecule has 8 heteroatoms. The summed E-state index contributed by atoms with van der Waals surface area (Å²) in [7, 11) is 0. The van der Waals surface area contributed by atoms with Crippen molar-refractivity contribution in [1.82, 2.24) is 20.2 Å². The molecular formula is C22H27N5O3. The summed E-state index contributed by atoms with van der Waals surface area (Å²) in [5.41, 5.74) is 2.62. The number of amides is 3. The van der Waals surface area contributed by atoms with Gasteiger partial charge in [-0.3, -0.25) is 10.1 Å². The molecule has 0 unspecified atom stereocenters. The zero-order valence-corrected chi connectivity index (χ0v) is 16.9. The van der Waals surface area contributed by atoms with Gasteiger partial charge in [0.2, 0.25) is 0 Å². The third kappa shape index (κ3) is 4.59. The van der Waals surface area contributed by atoms with Crippen LogP contribution in [0.3, 0.4) is 0 Å². The van der Waals surface area contributed by atoms with Gasteiger partial charge in [0.15, 0.2) is 11.5 Å². The molecule has 1 saturated heterocycles. The lowest BCUT2D eigenvalue weighted by atomic mass is 9.94. The van der Waals surface area contributed by atoms with Crippen LogP contribution in [0.15, 0.2) is 36.7 Å². The standard InChI is InChI=1S/C22H27N5O3/c28-12-7-15-5-10-27(11-6-15)22(30)26-20-19(23-8-9-24-20)21(29)25-18-13-16-3-1-2-4-17(16)14-18/h1-4,8-9,15,18,28H,5-7,10-14H2,(H,25,29)(H,24,26,30). The van der Waals surface area contributed by atoms with Crippen LogP contribution in [0, 0.1) is 5.92 Å². The molecule has 30 heavy (non-hydrogen) atoms. The summed E-state index contributed by atoms with van der Waals surface area (Å²) in [5, 5.41) is 14.9. The van der Waals surface area contributed by atoms with E-state index in [1.807, 2.05) is 12.1 Å². The molecule has 8 nitrogen and oxygen atoms in total. The number of hydrogen-bond acceptors (Lipinski definition) is 5. The number of aliphatic hydroxyl groups is 1. The van der Waals surface area contributed by atoms with Crippen molar-refractivity contribution >= 4 is 17.8 Å². The molecule has 0 atom stereocenters. The predicted molar refractivity (Wildman–Crippen MR) is 112 cm³/mol. The highest BCUT2D eigenvalue weighted by Crippen LogP contribution is 2.23. The first-order valence-electron chi connectivity index (χ1n) is 10.5. The van der Waals surface area contributed by atoms with Crippen LogP contribution in [0.2, 0.25) is 0 Å². The summed E-state index contributed by atoms with van der Waals surface area (Å²) in [6.45, 7) is 1.43. The Kier molecular flexibility index (Phi) is 6.23. The van der Waals surface area contributed by atoms with Gasteiger partial charge >= 0.3 is 6.03 Å². The number of likely N-dealkylation sites (tertiary alicyclic amines) is 1. The van der Waals surface area contributed by atoms with Crippen LogP contribution < -0.4 is 10.6 Å². The molecule has 4 rings (SSSR count). The lowest BCUT2D eigenvalue weighted by Gasteiger charge is -2.31. The molecular weight excluding hydrogens is 382 g/mol. The highest BCUT2D eigenvalue weighted by molar-refractivity contribution is 6.00. The van der Waals surface area contributed by atoms with E-state index in [2.05, 4.69) is 32.7 Å². The largest absolute Gasteiger partial charge is 0.396 e. The summed E-state index contributed by atoms with van der Waals surface area (Å²) in [5.74, 6) is 0.290. The number of benzene rings is 1. The van der Waals surface area contributed by atoms with Crippen molar-refractivity contribution in [3.8, 4) is 0 Å². The number of urea groups is 1. The van der Waals surface area contributed by atoms with Crippen LogP contribution in [0.1, 0.15) is 40.9 Å². The summed E-state index contributed by atoms with van der Waals surface area (Å²) in [4.78, 5) is 35.6. The van der Waals surface area contributed by atoms with Gasteiger partial charge in [0.25, 0.3) is 5.91 Å². The van der Waals surface area contributed by atoms with Crippen molar-refractivity contribution in [3.63, 3.8) is 0 Å². The molecule has 158 valence electrons. The van der Waals surface area contributed by atoms with E-state index in [-0.39, 0.29) is 36.1 Å². The molecule has 1 aromatic heterocycles. The number of carbonyl (C=O) groups is 2. The Labute approximate surface area is 175 Å². The van der Waals surface area contributed by atoms with Crippen LogP contribution in [0.4, 0.5) is 10.6 Å². The Hall–Kier alpha value is -3.00. The molecule has 1 aromatic carbocycles. The Balaban J connectivity index is 1.37. The first-order chi connectivity index (χ1) is 14.6. The van der Waals surface area contributed by atoms with E-state index in [4.69, 9.17) is 5.11 Å². The van der Waals surface area contributed by atoms with Gasteiger partial charge in [-0.2, -0.15) is 0 Å². The lowest BCUT2D eigenvalue weighted by Crippen LogP contribution is -2.42. The van der Waals surface area contributed by atoms with Gasteiger partial charge in [-0.05, 0) is 49.1 Å². The zero-order chi connectivity index (χ0) is 20.9. The molecule has 1 fully saturated rings. The number of fused-ring (bicyclic) bond motifs is 1. The van der Waals surface area contributed by atoms with Crippen molar-refractivity contribution in [1.29, 1.82) is 0 Å². The van der Waals surface area contributed by atoms with E-state index < -0.39 is 0 Å².